The van der Waals surface area contributed by atoms with Crippen LogP contribution >= 0.6 is 0 Å². The van der Waals surface area contributed by atoms with Gasteiger partial charge in [0, 0.05) is 30.3 Å². The molecule has 5 rings (SSSR count). The first-order chi connectivity index (χ1) is 17.9. The number of hydrogen-bond acceptors (Lipinski definition) is 8. The molecule has 2 aromatic heterocycles. The Hall–Kier alpha value is -4.26. The fourth-order valence-corrected chi connectivity index (χ4v) is 4.49. The summed E-state index contributed by atoms with van der Waals surface area (Å²) in [5.74, 6) is -1.13. The SMILES string of the molecule is Cc1[nH]nc(-c2nc3cc(NC(=O)CNC(=O)[C@@H]4CCC(=O)O4)ccc3[nH]2)c1C(=O)NC1CCNCC1. The standard InChI is InChI=1S/C24H28N8O5/c1-12-20(24(36)28-13-6-8-25-9-7-13)21(32-31-12)22-29-15-3-2-14(10-16(15)30-22)27-18(33)11-26-23(35)17-4-5-19(34)37-17/h2-3,10,13,17,25H,4-9,11H2,1H3,(H,26,35)(H,27,33)(H,28,36)(H,29,30)(H,31,32)/t17-/m0/s1. The van der Waals surface area contributed by atoms with Crippen molar-refractivity contribution in [2.24, 2.45) is 0 Å². The maximum Gasteiger partial charge on any atom is 0.306 e. The van der Waals surface area contributed by atoms with E-state index in [1.807, 2.05) is 0 Å². The summed E-state index contributed by atoms with van der Waals surface area (Å²) >= 11 is 0. The van der Waals surface area contributed by atoms with Crippen LogP contribution in [0.5, 0.6) is 0 Å². The summed E-state index contributed by atoms with van der Waals surface area (Å²) in [7, 11) is 0. The van der Waals surface area contributed by atoms with E-state index in [0.717, 1.165) is 25.9 Å². The number of aryl methyl sites for hydroxylation is 1. The van der Waals surface area contributed by atoms with Crippen LogP contribution in [0.4, 0.5) is 5.69 Å². The van der Waals surface area contributed by atoms with E-state index in [4.69, 9.17) is 4.74 Å². The molecule has 6 N–H and O–H groups in total. The van der Waals surface area contributed by atoms with Gasteiger partial charge in [0.25, 0.3) is 11.8 Å². The van der Waals surface area contributed by atoms with Crippen molar-refractivity contribution in [1.29, 1.82) is 0 Å². The largest absolute Gasteiger partial charge is 0.452 e. The third-order valence-corrected chi connectivity index (χ3v) is 6.44. The number of amides is 3. The lowest BCUT2D eigenvalue weighted by molar-refractivity contribution is -0.148. The minimum atomic E-state index is -0.851. The highest BCUT2D eigenvalue weighted by molar-refractivity contribution is 6.01. The predicted molar refractivity (Wildman–Crippen MR) is 133 cm³/mol. The quantitative estimate of drug-likeness (QED) is 0.249. The number of piperidine rings is 1. The second kappa shape index (κ2) is 10.4. The number of rotatable bonds is 7. The molecule has 0 aliphatic carbocycles. The first-order valence-electron chi connectivity index (χ1n) is 12.2. The van der Waals surface area contributed by atoms with Crippen LogP contribution in [-0.4, -0.2) is 75.6 Å². The normalized spacial score (nSPS) is 18.0. The first-order valence-corrected chi connectivity index (χ1v) is 12.2. The fourth-order valence-electron chi connectivity index (χ4n) is 4.49. The second-order valence-corrected chi connectivity index (χ2v) is 9.17. The number of aromatic nitrogens is 4. The number of cyclic esters (lactones) is 1. The Labute approximate surface area is 211 Å². The highest BCUT2D eigenvalue weighted by atomic mass is 16.6. The van der Waals surface area contributed by atoms with Gasteiger partial charge in [0.2, 0.25) is 5.91 Å². The number of aromatic amines is 2. The van der Waals surface area contributed by atoms with E-state index >= 15 is 0 Å². The number of anilines is 1. The van der Waals surface area contributed by atoms with Gasteiger partial charge in [0.05, 0.1) is 23.1 Å². The van der Waals surface area contributed by atoms with Crippen molar-refractivity contribution in [3.05, 3.63) is 29.5 Å². The zero-order valence-electron chi connectivity index (χ0n) is 20.3. The van der Waals surface area contributed by atoms with Crippen LogP contribution in [0.3, 0.4) is 0 Å². The van der Waals surface area contributed by atoms with Crippen molar-refractivity contribution in [3.8, 4) is 11.5 Å². The topological polar surface area (TPSA) is 183 Å². The lowest BCUT2D eigenvalue weighted by Crippen LogP contribution is -2.42. The number of benzene rings is 1. The van der Waals surface area contributed by atoms with Crippen LogP contribution in [0.15, 0.2) is 18.2 Å². The van der Waals surface area contributed by atoms with E-state index in [1.54, 1.807) is 25.1 Å². The Bertz CT molecular complexity index is 1360. The minimum absolute atomic E-state index is 0.107. The molecule has 37 heavy (non-hydrogen) atoms. The molecule has 13 heteroatoms. The maximum atomic E-state index is 13.1. The van der Waals surface area contributed by atoms with Gasteiger partial charge in [-0.1, -0.05) is 0 Å². The maximum absolute atomic E-state index is 13.1. The molecule has 194 valence electrons. The zero-order valence-corrected chi connectivity index (χ0v) is 20.3. The zero-order chi connectivity index (χ0) is 25.9. The molecular weight excluding hydrogens is 480 g/mol. The number of carbonyl (C=O) groups excluding carboxylic acids is 4. The van der Waals surface area contributed by atoms with E-state index in [9.17, 15) is 19.2 Å². The Morgan fingerprint density at radius 3 is 2.73 bits per heavy atom. The van der Waals surface area contributed by atoms with E-state index < -0.39 is 23.9 Å². The Morgan fingerprint density at radius 2 is 1.97 bits per heavy atom. The second-order valence-electron chi connectivity index (χ2n) is 9.17. The van der Waals surface area contributed by atoms with E-state index in [-0.39, 0.29) is 24.9 Å². The Morgan fingerprint density at radius 1 is 1.16 bits per heavy atom. The van der Waals surface area contributed by atoms with Gasteiger partial charge in [-0.3, -0.25) is 24.3 Å². The van der Waals surface area contributed by atoms with Crippen molar-refractivity contribution in [2.75, 3.05) is 25.0 Å². The molecule has 13 nitrogen and oxygen atoms in total. The molecule has 1 atom stereocenters. The highest BCUT2D eigenvalue weighted by Crippen LogP contribution is 2.26. The third kappa shape index (κ3) is 5.45. The van der Waals surface area contributed by atoms with Crippen LogP contribution < -0.4 is 21.3 Å². The highest BCUT2D eigenvalue weighted by Gasteiger charge is 2.30. The number of esters is 1. The molecule has 3 amide bonds. The van der Waals surface area contributed by atoms with Crippen LogP contribution in [0.2, 0.25) is 0 Å². The van der Waals surface area contributed by atoms with Crippen molar-refractivity contribution < 1.29 is 23.9 Å². The Kier molecular flexibility index (Phi) is 6.86. The van der Waals surface area contributed by atoms with Crippen molar-refractivity contribution in [3.63, 3.8) is 0 Å². The monoisotopic (exact) mass is 508 g/mol. The molecular formula is C24H28N8O5. The fraction of sp³-hybridized carbons (Fsp3) is 0.417. The van der Waals surface area contributed by atoms with E-state index in [1.165, 1.54) is 0 Å². The van der Waals surface area contributed by atoms with Gasteiger partial charge >= 0.3 is 5.97 Å². The molecule has 1 aromatic carbocycles. The van der Waals surface area contributed by atoms with Crippen LogP contribution in [0.1, 0.15) is 41.7 Å². The van der Waals surface area contributed by atoms with Crippen LogP contribution in [0, 0.1) is 6.92 Å². The molecule has 0 radical (unpaired) electrons. The molecule has 4 heterocycles. The average Bonchev–Trinajstić information content (AvgIpc) is 3.60. The molecule has 3 aromatic rings. The van der Waals surface area contributed by atoms with Gasteiger partial charge in [0.1, 0.15) is 5.69 Å². The van der Waals surface area contributed by atoms with Gasteiger partial charge in [0.15, 0.2) is 11.9 Å². The number of fused-ring (bicyclic) bond motifs is 1. The molecule has 2 fully saturated rings. The third-order valence-electron chi connectivity index (χ3n) is 6.44. The van der Waals surface area contributed by atoms with Gasteiger partial charge in [-0.15, -0.1) is 0 Å². The number of carbonyl (C=O) groups is 4. The molecule has 0 bridgehead atoms. The van der Waals surface area contributed by atoms with Crippen LogP contribution in [0.25, 0.3) is 22.6 Å². The number of nitrogens with zero attached hydrogens (tertiary/aromatic N) is 2. The van der Waals surface area contributed by atoms with Gasteiger partial charge in [-0.25, -0.2) is 4.98 Å². The summed E-state index contributed by atoms with van der Waals surface area (Å²) in [4.78, 5) is 56.3. The minimum Gasteiger partial charge on any atom is -0.452 e. The number of ether oxygens (including phenoxy) is 1. The van der Waals surface area contributed by atoms with Crippen LogP contribution in [-0.2, 0) is 19.1 Å². The number of H-pyrrole nitrogens is 2. The van der Waals surface area contributed by atoms with Gasteiger partial charge in [-0.05, 0) is 51.1 Å². The van der Waals surface area contributed by atoms with E-state index in [2.05, 4.69) is 41.4 Å². The summed E-state index contributed by atoms with van der Waals surface area (Å²) < 4.78 is 4.89. The van der Waals surface area contributed by atoms with Gasteiger partial charge < -0.3 is 31.0 Å². The predicted octanol–water partition coefficient (Wildman–Crippen LogP) is 0.504. The lowest BCUT2D eigenvalue weighted by atomic mass is 10.1. The van der Waals surface area contributed by atoms with Gasteiger partial charge in [-0.2, -0.15) is 5.10 Å². The number of hydrogen-bond donors (Lipinski definition) is 6. The molecule has 2 saturated heterocycles. The molecule has 0 spiro atoms. The summed E-state index contributed by atoms with van der Waals surface area (Å²) in [6.45, 7) is 3.26. The van der Waals surface area contributed by atoms with Crippen molar-refractivity contribution >= 4 is 40.4 Å². The van der Waals surface area contributed by atoms with E-state index in [0.29, 0.717) is 45.9 Å². The summed E-state index contributed by atoms with van der Waals surface area (Å²) in [5.41, 5.74) is 3.26. The molecule has 2 aliphatic rings. The average molecular weight is 509 g/mol. The smallest absolute Gasteiger partial charge is 0.306 e. The Balaban J connectivity index is 1.25. The number of nitrogens with one attached hydrogen (secondary N) is 6. The number of imidazole rings is 1. The first kappa shape index (κ1) is 24.4. The summed E-state index contributed by atoms with van der Waals surface area (Å²) in [5, 5.41) is 18.7. The molecule has 0 unspecified atom stereocenters. The lowest BCUT2D eigenvalue weighted by Gasteiger charge is -2.23. The van der Waals surface area contributed by atoms with Crippen molar-refractivity contribution in [2.45, 2.75) is 44.8 Å². The molecule has 2 aliphatic heterocycles. The van der Waals surface area contributed by atoms with Crippen molar-refractivity contribution in [1.82, 2.24) is 36.1 Å². The summed E-state index contributed by atoms with van der Waals surface area (Å²) in [6.07, 6.45) is 1.39. The molecule has 0 saturated carbocycles. The summed E-state index contributed by atoms with van der Waals surface area (Å²) in [6, 6.07) is 5.24.